The van der Waals surface area contributed by atoms with Gasteiger partial charge in [0.2, 0.25) is 5.91 Å². The van der Waals surface area contributed by atoms with Crippen molar-refractivity contribution in [3.05, 3.63) is 64.1 Å². The number of ether oxygens (including phenoxy) is 3. The zero-order valence-corrected chi connectivity index (χ0v) is 18.6. The van der Waals surface area contributed by atoms with Crippen molar-refractivity contribution in [1.29, 1.82) is 0 Å². The van der Waals surface area contributed by atoms with E-state index in [2.05, 4.69) is 10.3 Å². The minimum atomic E-state index is -0.620. The van der Waals surface area contributed by atoms with Crippen LogP contribution in [-0.2, 0) is 48.0 Å². The lowest BCUT2D eigenvalue weighted by atomic mass is 10.00. The van der Waals surface area contributed by atoms with Crippen LogP contribution in [0.1, 0.15) is 52.1 Å². The van der Waals surface area contributed by atoms with Gasteiger partial charge in [-0.25, -0.2) is 4.79 Å². The summed E-state index contributed by atoms with van der Waals surface area (Å²) in [5.41, 5.74) is 3.08. The largest absolute Gasteiger partial charge is 0.469 e. The monoisotopic (exact) mass is 454 g/mol. The van der Waals surface area contributed by atoms with E-state index in [-0.39, 0.29) is 37.5 Å². The molecule has 1 saturated heterocycles. The number of H-pyrrole nitrogens is 1. The van der Waals surface area contributed by atoms with E-state index in [9.17, 15) is 19.2 Å². The van der Waals surface area contributed by atoms with E-state index in [1.54, 1.807) is 6.08 Å². The Hall–Kier alpha value is -3.88. The van der Waals surface area contributed by atoms with E-state index in [1.165, 1.54) is 14.2 Å². The molecule has 1 aromatic carbocycles. The Morgan fingerprint density at radius 1 is 1.00 bits per heavy atom. The molecule has 0 saturated carbocycles. The Balaban J connectivity index is 1.97. The van der Waals surface area contributed by atoms with Gasteiger partial charge in [-0.1, -0.05) is 30.3 Å². The zero-order valence-electron chi connectivity index (χ0n) is 18.6. The minimum Gasteiger partial charge on any atom is -0.469 e. The van der Waals surface area contributed by atoms with Gasteiger partial charge in [0.25, 0.3) is 0 Å². The first kappa shape index (κ1) is 23.8. The summed E-state index contributed by atoms with van der Waals surface area (Å²) in [6.07, 6.45) is 2.61. The number of benzene rings is 1. The summed E-state index contributed by atoms with van der Waals surface area (Å²) in [6.45, 7) is 0.0634. The molecule has 2 N–H and O–H groups in total. The van der Waals surface area contributed by atoms with Crippen LogP contribution >= 0.6 is 0 Å². The van der Waals surface area contributed by atoms with Crippen LogP contribution in [0.2, 0.25) is 0 Å². The highest BCUT2D eigenvalue weighted by molar-refractivity contribution is 5.92. The number of carbonyl (C=O) groups is 4. The summed E-state index contributed by atoms with van der Waals surface area (Å²) in [5.74, 6) is -1.68. The fourth-order valence-electron chi connectivity index (χ4n) is 3.55. The molecule has 0 spiro atoms. The minimum absolute atomic E-state index is 0.00817. The fourth-order valence-corrected chi connectivity index (χ4v) is 3.55. The molecule has 33 heavy (non-hydrogen) atoms. The van der Waals surface area contributed by atoms with Crippen LogP contribution in [0.4, 0.5) is 0 Å². The van der Waals surface area contributed by atoms with Crippen molar-refractivity contribution in [2.24, 2.45) is 0 Å². The van der Waals surface area contributed by atoms with Crippen molar-refractivity contribution in [3.63, 3.8) is 0 Å². The van der Waals surface area contributed by atoms with Crippen LogP contribution in [0.15, 0.2) is 36.0 Å². The molecule has 1 fully saturated rings. The molecule has 0 bridgehead atoms. The number of aromatic amines is 1. The van der Waals surface area contributed by atoms with Gasteiger partial charge in [-0.15, -0.1) is 0 Å². The number of methoxy groups -OCH3 is 2. The van der Waals surface area contributed by atoms with Crippen molar-refractivity contribution in [1.82, 2.24) is 10.3 Å². The summed E-state index contributed by atoms with van der Waals surface area (Å²) in [6, 6.07) is 9.22. The van der Waals surface area contributed by atoms with Crippen molar-refractivity contribution < 1.29 is 33.4 Å². The van der Waals surface area contributed by atoms with Gasteiger partial charge in [-0.3, -0.25) is 14.4 Å². The normalized spacial score (nSPS) is 14.1. The molecular formula is C24H26N2O7. The van der Waals surface area contributed by atoms with E-state index in [0.717, 1.165) is 5.56 Å². The van der Waals surface area contributed by atoms with Crippen LogP contribution in [0, 0.1) is 0 Å². The quantitative estimate of drug-likeness (QED) is 0.441. The Kier molecular flexibility index (Phi) is 8.01. The molecule has 3 rings (SSSR count). The third-order valence-electron chi connectivity index (χ3n) is 5.26. The van der Waals surface area contributed by atoms with Crippen molar-refractivity contribution >= 4 is 29.9 Å². The molecule has 174 valence electrons. The lowest BCUT2D eigenvalue weighted by Gasteiger charge is -2.08. The molecule has 2 aromatic rings. The fraction of sp³-hybridized carbons (Fsp3) is 0.333. The summed E-state index contributed by atoms with van der Waals surface area (Å²) in [5, 5.41) is 2.76. The van der Waals surface area contributed by atoms with E-state index in [0.29, 0.717) is 35.4 Å². The highest BCUT2D eigenvalue weighted by Crippen LogP contribution is 2.27. The number of amides is 1. The summed E-state index contributed by atoms with van der Waals surface area (Å²) >= 11 is 0. The average Bonchev–Trinajstić information content (AvgIpc) is 3.39. The number of allylic oxidation sites excluding steroid dienone is 1. The van der Waals surface area contributed by atoms with Crippen LogP contribution in [0.3, 0.4) is 0 Å². The third-order valence-corrected chi connectivity index (χ3v) is 5.26. The Morgan fingerprint density at radius 2 is 1.73 bits per heavy atom. The summed E-state index contributed by atoms with van der Waals surface area (Å²) < 4.78 is 15.0. The third kappa shape index (κ3) is 6.31. The van der Waals surface area contributed by atoms with Crippen LogP contribution in [0.5, 0.6) is 0 Å². The lowest BCUT2D eigenvalue weighted by molar-refractivity contribution is -0.141. The maximum Gasteiger partial charge on any atom is 0.355 e. The van der Waals surface area contributed by atoms with Crippen molar-refractivity contribution in [2.75, 3.05) is 14.2 Å². The predicted octanol–water partition coefficient (Wildman–Crippen LogP) is 2.44. The molecule has 0 unspecified atom stereocenters. The molecule has 0 aliphatic carbocycles. The molecular weight excluding hydrogens is 428 g/mol. The van der Waals surface area contributed by atoms with Gasteiger partial charge in [-0.05, 0) is 35.6 Å². The van der Waals surface area contributed by atoms with E-state index < -0.39 is 17.9 Å². The van der Waals surface area contributed by atoms with Gasteiger partial charge < -0.3 is 24.5 Å². The first-order chi connectivity index (χ1) is 15.9. The number of hydrogen-bond donors (Lipinski definition) is 2. The maximum absolute atomic E-state index is 13.0. The second-order valence-corrected chi connectivity index (χ2v) is 7.48. The van der Waals surface area contributed by atoms with Crippen LogP contribution in [0.25, 0.3) is 6.08 Å². The number of hydrogen-bond acceptors (Lipinski definition) is 7. The van der Waals surface area contributed by atoms with E-state index in [1.807, 2.05) is 30.3 Å². The summed E-state index contributed by atoms with van der Waals surface area (Å²) in [4.78, 5) is 51.5. The predicted molar refractivity (Wildman–Crippen MR) is 118 cm³/mol. The molecule has 1 amide bonds. The standard InChI is InChI=1S/C24H26N2O7/c1-31-21(28)11-9-17-18(13-22(29)32-2)19(12-16-8-10-20(27)25-16)26-23(17)24(30)33-14-15-6-4-3-5-7-15/h3-7,12,26H,8-11,13-14H2,1-2H3,(H,25,27)/b16-12+. The zero-order chi connectivity index (χ0) is 23.8. The van der Waals surface area contributed by atoms with Gasteiger partial charge in [0.05, 0.1) is 20.6 Å². The van der Waals surface area contributed by atoms with Gasteiger partial charge in [0, 0.05) is 24.2 Å². The number of carbonyl (C=O) groups excluding carboxylic acids is 4. The Morgan fingerprint density at radius 3 is 2.36 bits per heavy atom. The van der Waals surface area contributed by atoms with Crippen molar-refractivity contribution in [2.45, 2.75) is 38.7 Å². The van der Waals surface area contributed by atoms with Gasteiger partial charge >= 0.3 is 17.9 Å². The molecule has 0 atom stereocenters. The molecule has 2 heterocycles. The maximum atomic E-state index is 13.0. The molecule has 1 aliphatic rings. The van der Waals surface area contributed by atoms with Crippen LogP contribution < -0.4 is 5.32 Å². The molecule has 9 nitrogen and oxygen atoms in total. The molecule has 9 heteroatoms. The van der Waals surface area contributed by atoms with Gasteiger partial charge in [0.15, 0.2) is 0 Å². The number of esters is 3. The van der Waals surface area contributed by atoms with Gasteiger partial charge in [0.1, 0.15) is 12.3 Å². The van der Waals surface area contributed by atoms with Gasteiger partial charge in [-0.2, -0.15) is 0 Å². The first-order valence-electron chi connectivity index (χ1n) is 10.5. The van der Waals surface area contributed by atoms with Crippen LogP contribution in [-0.4, -0.2) is 43.0 Å². The Bertz CT molecular complexity index is 1070. The number of nitrogens with one attached hydrogen (secondary N) is 2. The summed E-state index contributed by atoms with van der Waals surface area (Å²) in [7, 11) is 2.55. The number of aromatic nitrogens is 1. The topological polar surface area (TPSA) is 124 Å². The Labute approximate surface area is 191 Å². The molecule has 0 radical (unpaired) electrons. The smallest absolute Gasteiger partial charge is 0.355 e. The number of rotatable bonds is 9. The SMILES string of the molecule is COC(=O)CCc1c(C(=O)OCc2ccccc2)[nH]c(/C=C2\CCC(=O)N2)c1CC(=O)OC. The van der Waals surface area contributed by atoms with E-state index >= 15 is 0 Å². The van der Waals surface area contributed by atoms with E-state index in [4.69, 9.17) is 14.2 Å². The lowest BCUT2D eigenvalue weighted by Crippen LogP contribution is -2.12. The molecule has 1 aliphatic heterocycles. The highest BCUT2D eigenvalue weighted by Gasteiger charge is 2.26. The first-order valence-corrected chi connectivity index (χ1v) is 10.5. The van der Waals surface area contributed by atoms with Crippen molar-refractivity contribution in [3.8, 4) is 0 Å². The second kappa shape index (κ2) is 11.1. The second-order valence-electron chi connectivity index (χ2n) is 7.48. The highest BCUT2D eigenvalue weighted by atomic mass is 16.5. The average molecular weight is 454 g/mol. The molecule has 1 aromatic heterocycles.